The molecule has 1 heterocycles. The monoisotopic (exact) mass is 258 g/mol. The maximum absolute atomic E-state index is 6.10. The van der Waals surface area contributed by atoms with Crippen LogP contribution in [-0.4, -0.2) is 14.8 Å². The minimum atomic E-state index is 0.0826. The van der Waals surface area contributed by atoms with Crippen molar-refractivity contribution in [2.45, 2.75) is 46.1 Å². The molecule has 102 valence electrons. The van der Waals surface area contributed by atoms with Crippen LogP contribution in [0.4, 0.5) is 0 Å². The number of benzene rings is 1. The molecule has 1 unspecified atom stereocenters. The Kier molecular flexibility index (Phi) is 4.32. The summed E-state index contributed by atoms with van der Waals surface area (Å²) in [6, 6.07) is 8.35. The van der Waals surface area contributed by atoms with Crippen molar-refractivity contribution in [3.8, 4) is 5.69 Å². The number of aryl methyl sites for hydroxylation is 2. The Morgan fingerprint density at radius 1 is 1.21 bits per heavy atom. The average molecular weight is 258 g/mol. The van der Waals surface area contributed by atoms with Gasteiger partial charge in [0.2, 0.25) is 0 Å². The normalized spacial score (nSPS) is 12.6. The van der Waals surface area contributed by atoms with E-state index in [1.807, 2.05) is 10.7 Å². The fraction of sp³-hybridized carbons (Fsp3) is 0.467. The van der Waals surface area contributed by atoms with Crippen molar-refractivity contribution in [1.82, 2.24) is 14.8 Å². The van der Waals surface area contributed by atoms with Crippen molar-refractivity contribution in [1.29, 1.82) is 0 Å². The molecule has 0 aliphatic rings. The Morgan fingerprint density at radius 3 is 2.63 bits per heavy atom. The third-order valence-corrected chi connectivity index (χ3v) is 3.33. The molecule has 2 N–H and O–H groups in total. The predicted molar refractivity (Wildman–Crippen MR) is 77.3 cm³/mol. The molecule has 2 aromatic rings. The van der Waals surface area contributed by atoms with Crippen LogP contribution in [0.15, 0.2) is 24.3 Å². The van der Waals surface area contributed by atoms with Gasteiger partial charge in [0.1, 0.15) is 5.82 Å². The first kappa shape index (κ1) is 13.7. The van der Waals surface area contributed by atoms with Gasteiger partial charge in [-0.25, -0.2) is 9.67 Å². The second-order valence-electron chi connectivity index (χ2n) is 4.67. The molecule has 4 nitrogen and oxygen atoms in total. The lowest BCUT2D eigenvalue weighted by molar-refractivity contribution is 0.695. The summed E-state index contributed by atoms with van der Waals surface area (Å²) in [5.41, 5.74) is 8.29. The molecule has 0 saturated heterocycles. The fourth-order valence-electron chi connectivity index (χ4n) is 2.10. The molecule has 1 aromatic carbocycles. The summed E-state index contributed by atoms with van der Waals surface area (Å²) in [5, 5.41) is 4.56. The van der Waals surface area contributed by atoms with Crippen molar-refractivity contribution in [2.75, 3.05) is 0 Å². The van der Waals surface area contributed by atoms with E-state index in [2.05, 4.69) is 49.1 Å². The summed E-state index contributed by atoms with van der Waals surface area (Å²) < 4.78 is 1.94. The van der Waals surface area contributed by atoms with Crippen LogP contribution in [0, 0.1) is 0 Å². The lowest BCUT2D eigenvalue weighted by atomic mass is 10.1. The summed E-state index contributed by atoms with van der Waals surface area (Å²) in [4.78, 5) is 4.54. The molecule has 0 saturated carbocycles. The first-order valence-electron chi connectivity index (χ1n) is 7.00. The number of nitrogens with zero attached hydrogens (tertiary/aromatic N) is 3. The van der Waals surface area contributed by atoms with E-state index < -0.39 is 0 Å². The molecule has 0 amide bonds. The van der Waals surface area contributed by atoms with Gasteiger partial charge in [-0.05, 0) is 24.1 Å². The number of hydrogen-bond acceptors (Lipinski definition) is 3. The van der Waals surface area contributed by atoms with Gasteiger partial charge >= 0.3 is 0 Å². The van der Waals surface area contributed by atoms with Crippen molar-refractivity contribution < 1.29 is 0 Å². The van der Waals surface area contributed by atoms with E-state index in [0.717, 1.165) is 42.2 Å². The van der Waals surface area contributed by atoms with Gasteiger partial charge in [-0.3, -0.25) is 0 Å². The molecule has 19 heavy (non-hydrogen) atoms. The molecular weight excluding hydrogens is 236 g/mol. The molecule has 0 fully saturated rings. The average Bonchev–Trinajstić information content (AvgIpc) is 2.90. The van der Waals surface area contributed by atoms with Gasteiger partial charge in [0.25, 0.3) is 0 Å². The van der Waals surface area contributed by atoms with Crippen LogP contribution in [0.5, 0.6) is 0 Å². The third-order valence-electron chi connectivity index (χ3n) is 3.33. The van der Waals surface area contributed by atoms with Gasteiger partial charge in [-0.1, -0.05) is 32.9 Å². The van der Waals surface area contributed by atoms with Crippen LogP contribution in [0.3, 0.4) is 0 Å². The number of nitrogens with two attached hydrogens (primary N) is 1. The maximum Gasteiger partial charge on any atom is 0.151 e. The minimum Gasteiger partial charge on any atom is -0.324 e. The molecule has 0 aliphatic heterocycles. The first-order valence-corrected chi connectivity index (χ1v) is 7.00. The zero-order valence-corrected chi connectivity index (χ0v) is 11.9. The van der Waals surface area contributed by atoms with Crippen molar-refractivity contribution in [3.05, 3.63) is 41.5 Å². The van der Waals surface area contributed by atoms with Crippen LogP contribution in [0.2, 0.25) is 0 Å². The molecule has 0 radical (unpaired) electrons. The summed E-state index contributed by atoms with van der Waals surface area (Å²) in [5.74, 6) is 1.89. The Bertz CT molecular complexity index is 545. The molecule has 2 rings (SSSR count). The molecule has 0 bridgehead atoms. The topological polar surface area (TPSA) is 56.7 Å². The molecule has 1 aromatic heterocycles. The standard InChI is InChI=1S/C15H22N4/c1-4-13(16)11-8-7-9-12(10-11)19-15(6-3)17-14(5-2)18-19/h7-10,13H,4-6,16H2,1-3H3. The Labute approximate surface area is 114 Å². The number of hydrogen-bond donors (Lipinski definition) is 1. The maximum atomic E-state index is 6.10. The summed E-state index contributed by atoms with van der Waals surface area (Å²) >= 11 is 0. The first-order chi connectivity index (χ1) is 9.19. The summed E-state index contributed by atoms with van der Waals surface area (Å²) in [7, 11) is 0. The van der Waals surface area contributed by atoms with E-state index in [1.165, 1.54) is 0 Å². The van der Waals surface area contributed by atoms with Crippen LogP contribution in [0.25, 0.3) is 5.69 Å². The SMILES string of the molecule is CCc1nc(CC)n(-c2cccc(C(N)CC)c2)n1. The molecule has 1 atom stereocenters. The molecular formula is C15H22N4. The number of aromatic nitrogens is 3. The second-order valence-corrected chi connectivity index (χ2v) is 4.67. The Balaban J connectivity index is 2.43. The lowest BCUT2D eigenvalue weighted by Gasteiger charge is -2.11. The van der Waals surface area contributed by atoms with Crippen molar-refractivity contribution in [2.24, 2.45) is 5.73 Å². The molecule has 0 spiro atoms. The van der Waals surface area contributed by atoms with E-state index in [0.29, 0.717) is 0 Å². The summed E-state index contributed by atoms with van der Waals surface area (Å²) in [6.07, 6.45) is 2.66. The van der Waals surface area contributed by atoms with Gasteiger partial charge in [0.15, 0.2) is 5.82 Å². The van der Waals surface area contributed by atoms with Crippen LogP contribution < -0.4 is 5.73 Å². The zero-order valence-electron chi connectivity index (χ0n) is 11.9. The van der Waals surface area contributed by atoms with E-state index in [4.69, 9.17) is 5.73 Å². The fourth-order valence-corrected chi connectivity index (χ4v) is 2.10. The highest BCUT2D eigenvalue weighted by atomic mass is 15.3. The highest BCUT2D eigenvalue weighted by Gasteiger charge is 2.10. The van der Waals surface area contributed by atoms with E-state index in [1.54, 1.807) is 0 Å². The Hall–Kier alpha value is -1.68. The highest BCUT2D eigenvalue weighted by Crippen LogP contribution is 2.18. The Morgan fingerprint density at radius 2 is 2.00 bits per heavy atom. The van der Waals surface area contributed by atoms with Gasteiger partial charge in [0.05, 0.1) is 5.69 Å². The predicted octanol–water partition coefficient (Wildman–Crippen LogP) is 2.80. The van der Waals surface area contributed by atoms with Gasteiger partial charge in [-0.2, -0.15) is 5.10 Å². The summed E-state index contributed by atoms with van der Waals surface area (Å²) in [6.45, 7) is 6.27. The molecule has 4 heteroatoms. The minimum absolute atomic E-state index is 0.0826. The van der Waals surface area contributed by atoms with Gasteiger partial charge in [0, 0.05) is 18.9 Å². The second kappa shape index (κ2) is 5.97. The van der Waals surface area contributed by atoms with E-state index >= 15 is 0 Å². The van der Waals surface area contributed by atoms with Crippen LogP contribution in [-0.2, 0) is 12.8 Å². The quantitative estimate of drug-likeness (QED) is 0.897. The zero-order chi connectivity index (χ0) is 13.8. The van der Waals surface area contributed by atoms with Gasteiger partial charge in [-0.15, -0.1) is 0 Å². The van der Waals surface area contributed by atoms with Crippen molar-refractivity contribution >= 4 is 0 Å². The van der Waals surface area contributed by atoms with Crippen LogP contribution in [0.1, 0.15) is 50.4 Å². The molecule has 0 aliphatic carbocycles. The lowest BCUT2D eigenvalue weighted by Crippen LogP contribution is -2.10. The van der Waals surface area contributed by atoms with E-state index in [-0.39, 0.29) is 6.04 Å². The van der Waals surface area contributed by atoms with E-state index in [9.17, 15) is 0 Å². The number of rotatable bonds is 5. The van der Waals surface area contributed by atoms with Crippen molar-refractivity contribution in [3.63, 3.8) is 0 Å². The van der Waals surface area contributed by atoms with Crippen LogP contribution >= 0.6 is 0 Å². The largest absolute Gasteiger partial charge is 0.324 e. The highest BCUT2D eigenvalue weighted by molar-refractivity contribution is 5.37. The smallest absolute Gasteiger partial charge is 0.151 e. The third kappa shape index (κ3) is 2.84. The van der Waals surface area contributed by atoms with Gasteiger partial charge < -0.3 is 5.73 Å².